The maximum Gasteiger partial charge on any atom is 0.331 e. The molecular formula is C11H18O5. The van der Waals surface area contributed by atoms with E-state index in [0.717, 1.165) is 25.0 Å². The smallest absolute Gasteiger partial charge is 0.331 e. The molecule has 0 aromatic rings. The van der Waals surface area contributed by atoms with E-state index in [-0.39, 0.29) is 19.1 Å². The van der Waals surface area contributed by atoms with Gasteiger partial charge in [-0.3, -0.25) is 0 Å². The lowest BCUT2D eigenvalue weighted by molar-refractivity contribution is -0.140. The zero-order valence-electron chi connectivity index (χ0n) is 9.39. The van der Waals surface area contributed by atoms with Gasteiger partial charge in [0.25, 0.3) is 0 Å². The quantitative estimate of drug-likeness (QED) is 0.479. The molecule has 0 rings (SSSR count). The van der Waals surface area contributed by atoms with Crippen molar-refractivity contribution in [3.63, 3.8) is 0 Å². The van der Waals surface area contributed by atoms with E-state index in [2.05, 4.69) is 0 Å². The lowest BCUT2D eigenvalue weighted by Gasteiger charge is -2.13. The van der Waals surface area contributed by atoms with Crippen molar-refractivity contribution in [2.24, 2.45) is 5.92 Å². The molecule has 0 bridgehead atoms. The van der Waals surface area contributed by atoms with Crippen LogP contribution in [0.15, 0.2) is 12.2 Å². The Kier molecular flexibility index (Phi) is 8.15. The highest BCUT2D eigenvalue weighted by molar-refractivity contribution is 5.90. The number of rotatable bonds is 8. The maximum atomic E-state index is 11.0. The van der Waals surface area contributed by atoms with E-state index < -0.39 is 11.9 Å². The van der Waals surface area contributed by atoms with Crippen LogP contribution in [0.3, 0.4) is 0 Å². The Morgan fingerprint density at radius 2 is 2.06 bits per heavy atom. The number of carbonyl (C=O) groups excluding carboxylic acids is 1. The van der Waals surface area contributed by atoms with Gasteiger partial charge < -0.3 is 14.9 Å². The van der Waals surface area contributed by atoms with Gasteiger partial charge >= 0.3 is 11.9 Å². The normalized spacial score (nSPS) is 12.6. The van der Waals surface area contributed by atoms with Gasteiger partial charge in [-0.15, -0.1) is 0 Å². The zero-order chi connectivity index (χ0) is 12.4. The molecule has 0 fully saturated rings. The fourth-order valence-corrected chi connectivity index (χ4v) is 1.17. The minimum atomic E-state index is -1.18. The molecule has 2 N–H and O–H groups in total. The SMILES string of the molecule is CCC(CCCO)COC(=O)/C=C\C(=O)O. The second-order valence-corrected chi connectivity index (χ2v) is 3.44. The van der Waals surface area contributed by atoms with E-state index >= 15 is 0 Å². The summed E-state index contributed by atoms with van der Waals surface area (Å²) < 4.78 is 4.87. The van der Waals surface area contributed by atoms with Crippen LogP contribution in [0, 0.1) is 5.92 Å². The minimum absolute atomic E-state index is 0.128. The van der Waals surface area contributed by atoms with Crippen LogP contribution in [0.2, 0.25) is 0 Å². The van der Waals surface area contributed by atoms with E-state index in [0.29, 0.717) is 6.42 Å². The number of aliphatic hydroxyl groups excluding tert-OH is 1. The Morgan fingerprint density at radius 1 is 1.38 bits per heavy atom. The van der Waals surface area contributed by atoms with Crippen molar-refractivity contribution in [3.8, 4) is 0 Å². The number of carboxylic acid groups (broad SMARTS) is 1. The summed E-state index contributed by atoms with van der Waals surface area (Å²) in [5.41, 5.74) is 0. The molecule has 0 spiro atoms. The van der Waals surface area contributed by atoms with E-state index in [1.807, 2.05) is 6.92 Å². The summed E-state index contributed by atoms with van der Waals surface area (Å²) in [5.74, 6) is -1.61. The second-order valence-electron chi connectivity index (χ2n) is 3.44. The minimum Gasteiger partial charge on any atom is -0.478 e. The third-order valence-electron chi connectivity index (χ3n) is 2.17. The largest absolute Gasteiger partial charge is 0.478 e. The molecule has 16 heavy (non-hydrogen) atoms. The molecule has 1 unspecified atom stereocenters. The molecular weight excluding hydrogens is 212 g/mol. The molecule has 5 nitrogen and oxygen atoms in total. The molecule has 5 heteroatoms. The summed E-state index contributed by atoms with van der Waals surface area (Å²) in [6.45, 7) is 2.37. The highest BCUT2D eigenvalue weighted by Gasteiger charge is 2.08. The molecule has 0 aliphatic heterocycles. The lowest BCUT2D eigenvalue weighted by atomic mass is 10.0. The number of carboxylic acids is 1. The van der Waals surface area contributed by atoms with Crippen LogP contribution in [0.4, 0.5) is 0 Å². The van der Waals surface area contributed by atoms with Crippen molar-refractivity contribution in [1.82, 2.24) is 0 Å². The average molecular weight is 230 g/mol. The first-order chi connectivity index (χ1) is 7.60. The van der Waals surface area contributed by atoms with E-state index in [1.165, 1.54) is 0 Å². The second kappa shape index (κ2) is 8.91. The third kappa shape index (κ3) is 7.99. The predicted molar refractivity (Wildman–Crippen MR) is 57.8 cm³/mol. The monoisotopic (exact) mass is 230 g/mol. The standard InChI is InChI=1S/C11H18O5/c1-2-9(4-3-7-12)8-16-11(15)6-5-10(13)14/h5-6,9,12H,2-4,7-8H2,1H3,(H,13,14)/b6-5-. The zero-order valence-corrected chi connectivity index (χ0v) is 9.39. The molecule has 0 aromatic heterocycles. The van der Waals surface area contributed by atoms with Crippen LogP contribution in [-0.2, 0) is 14.3 Å². The predicted octanol–water partition coefficient (Wildman–Crippen LogP) is 0.969. The van der Waals surface area contributed by atoms with Crippen molar-refractivity contribution in [3.05, 3.63) is 12.2 Å². The summed E-state index contributed by atoms with van der Waals surface area (Å²) >= 11 is 0. The molecule has 0 aliphatic rings. The number of aliphatic carboxylic acids is 1. The van der Waals surface area contributed by atoms with E-state index in [1.54, 1.807) is 0 Å². The molecule has 0 heterocycles. The Bertz CT molecular complexity index is 247. The van der Waals surface area contributed by atoms with Gasteiger partial charge in [-0.1, -0.05) is 13.3 Å². The van der Waals surface area contributed by atoms with Crippen LogP contribution in [0.1, 0.15) is 26.2 Å². The van der Waals surface area contributed by atoms with Gasteiger partial charge in [0, 0.05) is 18.8 Å². The first-order valence-electron chi connectivity index (χ1n) is 5.28. The molecule has 1 atom stereocenters. The van der Waals surface area contributed by atoms with Crippen LogP contribution < -0.4 is 0 Å². The van der Waals surface area contributed by atoms with Crippen LogP contribution >= 0.6 is 0 Å². The van der Waals surface area contributed by atoms with E-state index in [9.17, 15) is 9.59 Å². The maximum absolute atomic E-state index is 11.0. The summed E-state index contributed by atoms with van der Waals surface area (Å²) in [4.78, 5) is 21.1. The van der Waals surface area contributed by atoms with Crippen molar-refractivity contribution in [1.29, 1.82) is 0 Å². The first-order valence-corrected chi connectivity index (χ1v) is 5.28. The summed E-state index contributed by atoms with van der Waals surface area (Å²) in [6, 6.07) is 0. The molecule has 92 valence electrons. The fraction of sp³-hybridized carbons (Fsp3) is 0.636. The van der Waals surface area contributed by atoms with Crippen molar-refractivity contribution >= 4 is 11.9 Å². The molecule has 0 aliphatic carbocycles. The third-order valence-corrected chi connectivity index (χ3v) is 2.17. The highest BCUT2D eigenvalue weighted by atomic mass is 16.5. The molecule has 0 amide bonds. The van der Waals surface area contributed by atoms with Crippen molar-refractivity contribution in [2.45, 2.75) is 26.2 Å². The van der Waals surface area contributed by atoms with Gasteiger partial charge in [-0.05, 0) is 18.8 Å². The van der Waals surface area contributed by atoms with Gasteiger partial charge in [-0.25, -0.2) is 9.59 Å². The van der Waals surface area contributed by atoms with Gasteiger partial charge in [0.15, 0.2) is 0 Å². The Labute approximate surface area is 94.7 Å². The van der Waals surface area contributed by atoms with Crippen LogP contribution in [-0.4, -0.2) is 35.4 Å². The first kappa shape index (κ1) is 14.6. The molecule has 0 aromatic carbocycles. The summed E-state index contributed by atoms with van der Waals surface area (Å²) in [7, 11) is 0. The molecule has 0 saturated heterocycles. The van der Waals surface area contributed by atoms with Crippen molar-refractivity contribution in [2.75, 3.05) is 13.2 Å². The molecule has 0 saturated carbocycles. The summed E-state index contributed by atoms with van der Waals surface area (Å²) in [6.07, 6.45) is 3.97. The van der Waals surface area contributed by atoms with Crippen molar-refractivity contribution < 1.29 is 24.5 Å². The topological polar surface area (TPSA) is 83.8 Å². The van der Waals surface area contributed by atoms with Crippen LogP contribution in [0.5, 0.6) is 0 Å². The number of hydrogen-bond acceptors (Lipinski definition) is 4. The van der Waals surface area contributed by atoms with Gasteiger partial charge in [0.1, 0.15) is 0 Å². The highest BCUT2D eigenvalue weighted by Crippen LogP contribution is 2.11. The van der Waals surface area contributed by atoms with E-state index in [4.69, 9.17) is 14.9 Å². The molecule has 0 radical (unpaired) electrons. The Morgan fingerprint density at radius 3 is 2.56 bits per heavy atom. The van der Waals surface area contributed by atoms with Gasteiger partial charge in [0.2, 0.25) is 0 Å². The van der Waals surface area contributed by atoms with Crippen LogP contribution in [0.25, 0.3) is 0 Å². The fourth-order valence-electron chi connectivity index (χ4n) is 1.17. The number of aliphatic hydroxyl groups is 1. The summed E-state index contributed by atoms with van der Waals surface area (Å²) in [5, 5.41) is 16.9. The number of hydrogen-bond donors (Lipinski definition) is 2. The number of esters is 1. The number of ether oxygens (including phenoxy) is 1. The van der Waals surface area contributed by atoms with Gasteiger partial charge in [0.05, 0.1) is 6.61 Å². The average Bonchev–Trinajstić information content (AvgIpc) is 2.26. The lowest BCUT2D eigenvalue weighted by Crippen LogP contribution is -2.13. The number of carbonyl (C=O) groups is 2. The Balaban J connectivity index is 3.83. The van der Waals surface area contributed by atoms with Gasteiger partial charge in [-0.2, -0.15) is 0 Å². The Hall–Kier alpha value is -1.36.